The van der Waals surface area contributed by atoms with Crippen molar-refractivity contribution >= 4 is 34.4 Å². The lowest BCUT2D eigenvalue weighted by Crippen LogP contribution is -3.12. The molecule has 2 rings (SSSR count). The summed E-state index contributed by atoms with van der Waals surface area (Å²) in [5, 5.41) is 5.70. The molecule has 0 saturated carbocycles. The van der Waals surface area contributed by atoms with Crippen LogP contribution in [0.3, 0.4) is 0 Å². The summed E-state index contributed by atoms with van der Waals surface area (Å²) in [5.41, 5.74) is 0.425. The number of thiophene rings is 1. The highest BCUT2D eigenvalue weighted by Gasteiger charge is 2.15. The quantitative estimate of drug-likeness (QED) is 0.701. The second kappa shape index (κ2) is 9.71. The van der Waals surface area contributed by atoms with Crippen molar-refractivity contribution in [3.05, 3.63) is 52.5 Å². The van der Waals surface area contributed by atoms with Crippen molar-refractivity contribution in [1.82, 2.24) is 4.90 Å². The van der Waals surface area contributed by atoms with Crippen LogP contribution in [0.5, 0.6) is 0 Å². The van der Waals surface area contributed by atoms with Crippen LogP contribution in [-0.2, 0) is 6.54 Å². The van der Waals surface area contributed by atoms with Gasteiger partial charge < -0.3 is 15.1 Å². The SMILES string of the molecule is CC[NH+](CC)CCN(Cc1cccs1)C(=S)Nc1ccccc1F. The van der Waals surface area contributed by atoms with Crippen molar-refractivity contribution in [3.8, 4) is 0 Å². The molecule has 0 radical (unpaired) electrons. The number of nitrogens with zero attached hydrogens (tertiary/aromatic N) is 1. The number of nitrogens with one attached hydrogen (secondary N) is 2. The first kappa shape index (κ1) is 18.8. The Balaban J connectivity index is 2.05. The molecule has 3 nitrogen and oxygen atoms in total. The predicted octanol–water partition coefficient (Wildman–Crippen LogP) is 3.01. The molecule has 2 N–H and O–H groups in total. The van der Waals surface area contributed by atoms with E-state index in [2.05, 4.69) is 35.5 Å². The van der Waals surface area contributed by atoms with Crippen LogP contribution in [-0.4, -0.2) is 36.2 Å². The number of anilines is 1. The summed E-state index contributed by atoms with van der Waals surface area (Å²) in [4.78, 5) is 4.90. The summed E-state index contributed by atoms with van der Waals surface area (Å²) in [6.07, 6.45) is 0. The molecule has 6 heteroatoms. The molecule has 2 aromatic rings. The fourth-order valence-corrected chi connectivity index (χ4v) is 3.48. The third kappa shape index (κ3) is 5.54. The molecular formula is C18H25FN3S2+. The van der Waals surface area contributed by atoms with E-state index >= 15 is 0 Å². The van der Waals surface area contributed by atoms with Gasteiger partial charge in [-0.05, 0) is 49.6 Å². The minimum Gasteiger partial charge on any atom is -0.338 e. The Bertz CT molecular complexity index is 627. The fraction of sp³-hybridized carbons (Fsp3) is 0.389. The van der Waals surface area contributed by atoms with Gasteiger partial charge in [0, 0.05) is 4.88 Å². The second-order valence-electron chi connectivity index (χ2n) is 5.62. The van der Waals surface area contributed by atoms with Gasteiger partial charge >= 0.3 is 0 Å². The zero-order valence-electron chi connectivity index (χ0n) is 14.2. The van der Waals surface area contributed by atoms with Gasteiger partial charge in [-0.1, -0.05) is 18.2 Å². The molecule has 0 amide bonds. The van der Waals surface area contributed by atoms with Gasteiger partial charge in [0.25, 0.3) is 0 Å². The van der Waals surface area contributed by atoms with E-state index < -0.39 is 0 Å². The monoisotopic (exact) mass is 366 g/mol. The molecular weight excluding hydrogens is 341 g/mol. The molecule has 1 aromatic heterocycles. The van der Waals surface area contributed by atoms with Crippen molar-refractivity contribution < 1.29 is 9.29 Å². The van der Waals surface area contributed by atoms with Crippen LogP contribution in [0, 0.1) is 5.82 Å². The van der Waals surface area contributed by atoms with E-state index in [9.17, 15) is 4.39 Å². The van der Waals surface area contributed by atoms with Crippen molar-refractivity contribution in [2.75, 3.05) is 31.5 Å². The van der Waals surface area contributed by atoms with Crippen LogP contribution in [0.15, 0.2) is 41.8 Å². The van der Waals surface area contributed by atoms with E-state index in [-0.39, 0.29) is 5.82 Å². The molecule has 1 heterocycles. The van der Waals surface area contributed by atoms with E-state index in [0.29, 0.717) is 10.8 Å². The van der Waals surface area contributed by atoms with Gasteiger partial charge in [-0.15, -0.1) is 11.3 Å². The third-order valence-corrected chi connectivity index (χ3v) is 5.29. The molecule has 0 saturated heterocycles. The second-order valence-corrected chi connectivity index (χ2v) is 7.04. The number of benzene rings is 1. The van der Waals surface area contributed by atoms with E-state index in [0.717, 1.165) is 32.7 Å². The van der Waals surface area contributed by atoms with Gasteiger partial charge in [0.1, 0.15) is 5.82 Å². The predicted molar refractivity (Wildman–Crippen MR) is 104 cm³/mol. The van der Waals surface area contributed by atoms with Crippen LogP contribution in [0.1, 0.15) is 18.7 Å². The number of quaternary nitrogens is 1. The molecule has 24 heavy (non-hydrogen) atoms. The number of hydrogen-bond donors (Lipinski definition) is 2. The van der Waals surface area contributed by atoms with Crippen LogP contribution < -0.4 is 10.2 Å². The number of hydrogen-bond acceptors (Lipinski definition) is 2. The van der Waals surface area contributed by atoms with E-state index in [1.54, 1.807) is 29.5 Å². The Morgan fingerprint density at radius 3 is 2.58 bits per heavy atom. The molecule has 0 atom stereocenters. The molecule has 0 aliphatic heterocycles. The maximum Gasteiger partial charge on any atom is 0.174 e. The standard InChI is InChI=1S/C18H24FN3S2/c1-3-21(4-2)11-12-22(14-15-8-7-13-24-15)18(23)20-17-10-6-5-9-16(17)19/h5-10,13H,3-4,11-12,14H2,1-2H3,(H,20,23)/p+1. The lowest BCUT2D eigenvalue weighted by Gasteiger charge is -2.27. The van der Waals surface area contributed by atoms with Gasteiger partial charge in [0.05, 0.1) is 38.4 Å². The van der Waals surface area contributed by atoms with Crippen molar-refractivity contribution in [3.63, 3.8) is 0 Å². The zero-order valence-corrected chi connectivity index (χ0v) is 15.9. The molecule has 0 aliphatic rings. The van der Waals surface area contributed by atoms with Crippen LogP contribution in [0.4, 0.5) is 10.1 Å². The highest BCUT2D eigenvalue weighted by atomic mass is 32.1. The van der Waals surface area contributed by atoms with E-state index in [1.807, 2.05) is 6.07 Å². The Hall–Kier alpha value is -1.50. The smallest absolute Gasteiger partial charge is 0.174 e. The van der Waals surface area contributed by atoms with Crippen molar-refractivity contribution in [2.45, 2.75) is 20.4 Å². The molecule has 0 fully saturated rings. The minimum atomic E-state index is -0.287. The van der Waals surface area contributed by atoms with E-state index in [1.165, 1.54) is 15.8 Å². The van der Waals surface area contributed by atoms with Gasteiger partial charge in [-0.3, -0.25) is 0 Å². The fourth-order valence-electron chi connectivity index (χ4n) is 2.50. The Kier molecular flexibility index (Phi) is 7.62. The van der Waals surface area contributed by atoms with Crippen LogP contribution in [0.2, 0.25) is 0 Å². The first-order valence-electron chi connectivity index (χ1n) is 8.30. The summed E-state index contributed by atoms with van der Waals surface area (Å²) in [6.45, 7) is 9.18. The van der Waals surface area contributed by atoms with Gasteiger partial charge in [-0.2, -0.15) is 0 Å². The third-order valence-electron chi connectivity index (χ3n) is 4.06. The van der Waals surface area contributed by atoms with Crippen LogP contribution >= 0.6 is 23.6 Å². The summed E-state index contributed by atoms with van der Waals surface area (Å²) in [7, 11) is 0. The molecule has 0 unspecified atom stereocenters. The van der Waals surface area contributed by atoms with Gasteiger partial charge in [-0.25, -0.2) is 4.39 Å². The molecule has 130 valence electrons. The maximum absolute atomic E-state index is 13.9. The average Bonchev–Trinajstić information content (AvgIpc) is 3.09. The molecule has 0 bridgehead atoms. The maximum atomic E-state index is 13.9. The first-order chi connectivity index (χ1) is 11.6. The topological polar surface area (TPSA) is 19.7 Å². The Labute approximate surface area is 153 Å². The number of rotatable bonds is 8. The highest BCUT2D eigenvalue weighted by molar-refractivity contribution is 7.80. The lowest BCUT2D eigenvalue weighted by molar-refractivity contribution is -0.895. The zero-order chi connectivity index (χ0) is 17.4. The number of likely N-dealkylation sites (N-methyl/N-ethyl adjacent to an activating group) is 1. The summed E-state index contributed by atoms with van der Waals surface area (Å²) in [6, 6.07) is 10.8. The summed E-state index contributed by atoms with van der Waals surface area (Å²) < 4.78 is 13.9. The Morgan fingerprint density at radius 1 is 1.21 bits per heavy atom. The van der Waals surface area contributed by atoms with Crippen molar-refractivity contribution in [1.29, 1.82) is 0 Å². The minimum absolute atomic E-state index is 0.287. The lowest BCUT2D eigenvalue weighted by atomic mass is 10.3. The summed E-state index contributed by atoms with van der Waals surface area (Å²) >= 11 is 7.27. The van der Waals surface area contributed by atoms with Gasteiger partial charge in [0.15, 0.2) is 5.11 Å². The average molecular weight is 367 g/mol. The largest absolute Gasteiger partial charge is 0.338 e. The number of halogens is 1. The molecule has 0 spiro atoms. The summed E-state index contributed by atoms with van der Waals surface area (Å²) in [5.74, 6) is -0.287. The molecule has 0 aliphatic carbocycles. The van der Waals surface area contributed by atoms with Gasteiger partial charge in [0.2, 0.25) is 0 Å². The number of para-hydroxylation sites is 1. The first-order valence-corrected chi connectivity index (χ1v) is 9.59. The van der Waals surface area contributed by atoms with E-state index in [4.69, 9.17) is 12.2 Å². The highest BCUT2D eigenvalue weighted by Crippen LogP contribution is 2.16. The van der Waals surface area contributed by atoms with Crippen LogP contribution in [0.25, 0.3) is 0 Å². The molecule has 1 aromatic carbocycles. The normalized spacial score (nSPS) is 10.8. The number of thiocarbonyl (C=S) groups is 1. The van der Waals surface area contributed by atoms with Crippen molar-refractivity contribution in [2.24, 2.45) is 0 Å². The Morgan fingerprint density at radius 2 is 1.96 bits per heavy atom.